The Bertz CT molecular complexity index is 784. The smallest absolute Gasteiger partial charge is 0.276 e. The lowest BCUT2D eigenvalue weighted by atomic mass is 10.2. The summed E-state index contributed by atoms with van der Waals surface area (Å²) >= 11 is 0. The summed E-state index contributed by atoms with van der Waals surface area (Å²) in [4.78, 5) is 24.1. The van der Waals surface area contributed by atoms with Crippen molar-refractivity contribution in [1.29, 1.82) is 0 Å². The predicted octanol–water partition coefficient (Wildman–Crippen LogP) is 2.17. The van der Waals surface area contributed by atoms with E-state index in [1.165, 1.54) is 31.0 Å². The second kappa shape index (κ2) is 7.63. The lowest BCUT2D eigenvalue weighted by molar-refractivity contribution is 0.101. The van der Waals surface area contributed by atoms with E-state index >= 15 is 0 Å². The number of carbonyl (C=O) groups excluding carboxylic acids is 1. The molecule has 0 radical (unpaired) electrons. The van der Waals surface area contributed by atoms with Crippen molar-refractivity contribution < 1.29 is 14.3 Å². The fourth-order valence-corrected chi connectivity index (χ4v) is 2.16. The molecule has 7 nitrogen and oxygen atoms in total. The third-order valence-corrected chi connectivity index (χ3v) is 3.28. The highest BCUT2D eigenvalue weighted by Crippen LogP contribution is 2.29. The largest absolute Gasteiger partial charge is 0.493 e. The molecule has 0 saturated carbocycles. The number of nitrogens with one attached hydrogen (secondary N) is 1. The van der Waals surface area contributed by atoms with Crippen LogP contribution in [0.3, 0.4) is 0 Å². The Morgan fingerprint density at radius 1 is 1.17 bits per heavy atom. The normalized spacial score (nSPS) is 10.5. The SMILES string of the molecule is COc1ccc(NC(=O)c2ccc(=O)n(CC(C)C)n2)cc1OC. The summed E-state index contributed by atoms with van der Waals surface area (Å²) in [6, 6.07) is 7.81. The van der Waals surface area contributed by atoms with Crippen molar-refractivity contribution in [3.05, 3.63) is 46.4 Å². The topological polar surface area (TPSA) is 82.5 Å². The summed E-state index contributed by atoms with van der Waals surface area (Å²) in [6.07, 6.45) is 0. The van der Waals surface area contributed by atoms with E-state index in [2.05, 4.69) is 10.4 Å². The lowest BCUT2D eigenvalue weighted by Gasteiger charge is -2.11. The predicted molar refractivity (Wildman–Crippen MR) is 90.8 cm³/mol. The molecule has 1 N–H and O–H groups in total. The Morgan fingerprint density at radius 2 is 1.88 bits per heavy atom. The molecule has 7 heteroatoms. The first-order valence-electron chi connectivity index (χ1n) is 7.56. The Hall–Kier alpha value is -2.83. The molecule has 0 bridgehead atoms. The van der Waals surface area contributed by atoms with Gasteiger partial charge in [0, 0.05) is 24.4 Å². The van der Waals surface area contributed by atoms with Crippen LogP contribution < -0.4 is 20.3 Å². The van der Waals surface area contributed by atoms with Crippen molar-refractivity contribution in [2.24, 2.45) is 5.92 Å². The minimum Gasteiger partial charge on any atom is -0.493 e. The molecule has 1 aromatic heterocycles. The highest BCUT2D eigenvalue weighted by molar-refractivity contribution is 6.02. The number of hydrogen-bond acceptors (Lipinski definition) is 5. The first kappa shape index (κ1) is 17.5. The van der Waals surface area contributed by atoms with Gasteiger partial charge in [0.2, 0.25) is 0 Å². The Labute approximate surface area is 140 Å². The number of ether oxygens (including phenoxy) is 2. The van der Waals surface area contributed by atoms with E-state index in [1.807, 2.05) is 13.8 Å². The zero-order chi connectivity index (χ0) is 17.7. The van der Waals surface area contributed by atoms with E-state index in [-0.39, 0.29) is 17.2 Å². The van der Waals surface area contributed by atoms with Crippen LogP contribution in [0.25, 0.3) is 0 Å². The van der Waals surface area contributed by atoms with Gasteiger partial charge in [-0.3, -0.25) is 9.59 Å². The quantitative estimate of drug-likeness (QED) is 0.877. The number of nitrogens with zero attached hydrogens (tertiary/aromatic N) is 2. The van der Waals surface area contributed by atoms with Crippen LogP contribution in [0.1, 0.15) is 24.3 Å². The van der Waals surface area contributed by atoms with Crippen LogP contribution in [0, 0.1) is 5.92 Å². The van der Waals surface area contributed by atoms with Gasteiger partial charge in [0.15, 0.2) is 11.5 Å². The number of rotatable bonds is 6. The van der Waals surface area contributed by atoms with E-state index in [0.29, 0.717) is 23.7 Å². The number of methoxy groups -OCH3 is 2. The average Bonchev–Trinajstić information content (AvgIpc) is 2.56. The number of anilines is 1. The molecule has 0 saturated heterocycles. The molecule has 0 aliphatic heterocycles. The molecule has 1 amide bonds. The first-order valence-corrected chi connectivity index (χ1v) is 7.56. The number of hydrogen-bond donors (Lipinski definition) is 1. The van der Waals surface area contributed by atoms with Crippen molar-refractivity contribution in [3.8, 4) is 11.5 Å². The van der Waals surface area contributed by atoms with Crippen LogP contribution >= 0.6 is 0 Å². The average molecular weight is 331 g/mol. The molecule has 1 aromatic carbocycles. The van der Waals surface area contributed by atoms with Gasteiger partial charge in [-0.2, -0.15) is 5.10 Å². The van der Waals surface area contributed by atoms with Crippen LogP contribution in [0.2, 0.25) is 0 Å². The van der Waals surface area contributed by atoms with Crippen LogP contribution in [0.4, 0.5) is 5.69 Å². The molecule has 0 aliphatic carbocycles. The molecule has 0 unspecified atom stereocenters. The second-order valence-corrected chi connectivity index (χ2v) is 5.66. The second-order valence-electron chi connectivity index (χ2n) is 5.66. The summed E-state index contributed by atoms with van der Waals surface area (Å²) in [7, 11) is 3.06. The number of benzene rings is 1. The molecular weight excluding hydrogens is 310 g/mol. The third-order valence-electron chi connectivity index (χ3n) is 3.28. The van der Waals surface area contributed by atoms with Crippen LogP contribution in [-0.2, 0) is 6.54 Å². The first-order chi connectivity index (χ1) is 11.4. The Balaban J connectivity index is 2.22. The van der Waals surface area contributed by atoms with Crippen molar-refractivity contribution in [2.45, 2.75) is 20.4 Å². The standard InChI is InChI=1S/C17H21N3O4/c1-11(2)10-20-16(21)8-6-13(19-20)17(22)18-12-5-7-14(23-3)15(9-12)24-4/h5-9,11H,10H2,1-4H3,(H,18,22). The van der Waals surface area contributed by atoms with Gasteiger partial charge in [-0.1, -0.05) is 13.8 Å². The van der Waals surface area contributed by atoms with Gasteiger partial charge < -0.3 is 14.8 Å². The molecule has 2 aromatic rings. The molecular formula is C17H21N3O4. The van der Waals surface area contributed by atoms with Gasteiger partial charge in [0.1, 0.15) is 5.69 Å². The molecule has 0 aliphatic rings. The monoisotopic (exact) mass is 331 g/mol. The van der Waals surface area contributed by atoms with Gasteiger partial charge in [-0.05, 0) is 24.1 Å². The van der Waals surface area contributed by atoms with E-state index in [0.717, 1.165) is 0 Å². The van der Waals surface area contributed by atoms with E-state index in [4.69, 9.17) is 9.47 Å². The molecule has 0 fully saturated rings. The molecule has 128 valence electrons. The molecule has 0 atom stereocenters. The molecule has 24 heavy (non-hydrogen) atoms. The summed E-state index contributed by atoms with van der Waals surface area (Å²) in [5.41, 5.74) is 0.484. The van der Waals surface area contributed by atoms with Crippen molar-refractivity contribution in [3.63, 3.8) is 0 Å². The number of amides is 1. The van der Waals surface area contributed by atoms with Gasteiger partial charge in [0.05, 0.1) is 14.2 Å². The van der Waals surface area contributed by atoms with Gasteiger partial charge in [-0.25, -0.2) is 4.68 Å². The maximum Gasteiger partial charge on any atom is 0.276 e. The maximum absolute atomic E-state index is 12.4. The number of aromatic nitrogens is 2. The lowest BCUT2D eigenvalue weighted by Crippen LogP contribution is -2.27. The zero-order valence-corrected chi connectivity index (χ0v) is 14.2. The zero-order valence-electron chi connectivity index (χ0n) is 14.2. The molecule has 2 rings (SSSR count). The molecule has 1 heterocycles. The minimum atomic E-state index is -0.403. The fourth-order valence-electron chi connectivity index (χ4n) is 2.16. The Morgan fingerprint density at radius 3 is 2.50 bits per heavy atom. The fraction of sp³-hybridized carbons (Fsp3) is 0.353. The number of carbonyl (C=O) groups is 1. The van der Waals surface area contributed by atoms with Crippen LogP contribution in [0.5, 0.6) is 11.5 Å². The summed E-state index contributed by atoms with van der Waals surface area (Å²) in [6.45, 7) is 4.41. The summed E-state index contributed by atoms with van der Waals surface area (Å²) in [5.74, 6) is 0.922. The van der Waals surface area contributed by atoms with Crippen LogP contribution in [-0.4, -0.2) is 29.9 Å². The minimum absolute atomic E-state index is 0.171. The van der Waals surface area contributed by atoms with E-state index in [1.54, 1.807) is 18.2 Å². The van der Waals surface area contributed by atoms with Crippen molar-refractivity contribution in [1.82, 2.24) is 9.78 Å². The van der Waals surface area contributed by atoms with E-state index < -0.39 is 5.91 Å². The summed E-state index contributed by atoms with van der Waals surface area (Å²) < 4.78 is 11.7. The Kier molecular flexibility index (Phi) is 5.57. The van der Waals surface area contributed by atoms with Gasteiger partial charge in [-0.15, -0.1) is 0 Å². The van der Waals surface area contributed by atoms with Crippen molar-refractivity contribution >= 4 is 11.6 Å². The third kappa shape index (κ3) is 4.13. The van der Waals surface area contributed by atoms with Crippen molar-refractivity contribution in [2.75, 3.05) is 19.5 Å². The van der Waals surface area contributed by atoms with Crippen LogP contribution in [0.15, 0.2) is 35.1 Å². The highest BCUT2D eigenvalue weighted by atomic mass is 16.5. The van der Waals surface area contributed by atoms with E-state index in [9.17, 15) is 9.59 Å². The highest BCUT2D eigenvalue weighted by Gasteiger charge is 2.12. The summed E-state index contributed by atoms with van der Waals surface area (Å²) in [5, 5.41) is 6.85. The van der Waals surface area contributed by atoms with Gasteiger partial charge >= 0.3 is 0 Å². The maximum atomic E-state index is 12.4. The van der Waals surface area contributed by atoms with Gasteiger partial charge in [0.25, 0.3) is 11.5 Å². The molecule has 0 spiro atoms.